The third-order valence-corrected chi connectivity index (χ3v) is 7.79. The molecule has 0 atom stereocenters. The molecule has 0 saturated heterocycles. The van der Waals surface area contributed by atoms with Gasteiger partial charge in [0.2, 0.25) is 0 Å². The van der Waals surface area contributed by atoms with Gasteiger partial charge in [0.05, 0.1) is 0 Å². The SMILES string of the molecule is CCCCCCCCC(=Nc1cc(CC)cc(CC)c1)C(CCCC)=[N+]([Ni])c1cc(CC)cc(CC)c1. The Kier molecular flexibility index (Phi) is 15.1. The summed E-state index contributed by atoms with van der Waals surface area (Å²) in [7, 11) is 0. The second-order valence-corrected chi connectivity index (χ2v) is 10.8. The quantitative estimate of drug-likeness (QED) is 0.106. The van der Waals surface area contributed by atoms with E-state index in [2.05, 4.69) is 81.6 Å². The van der Waals surface area contributed by atoms with Crippen LogP contribution in [-0.4, -0.2) is 15.1 Å². The summed E-state index contributed by atoms with van der Waals surface area (Å²) in [5.74, 6) is 0. The fourth-order valence-electron chi connectivity index (χ4n) is 4.81. The van der Waals surface area contributed by atoms with Gasteiger partial charge in [-0.15, -0.1) is 0 Å². The molecular formula is C34H52N2Ni+. The summed E-state index contributed by atoms with van der Waals surface area (Å²) >= 11 is 5.80. The molecule has 207 valence electrons. The van der Waals surface area contributed by atoms with Crippen LogP contribution in [0.25, 0.3) is 0 Å². The van der Waals surface area contributed by atoms with Crippen LogP contribution in [0.3, 0.4) is 0 Å². The zero-order valence-electron chi connectivity index (χ0n) is 24.6. The van der Waals surface area contributed by atoms with Gasteiger partial charge in [0.15, 0.2) is 0 Å². The molecule has 0 fully saturated rings. The number of aryl methyl sites for hydroxylation is 4. The molecule has 0 saturated carbocycles. The summed E-state index contributed by atoms with van der Waals surface area (Å²) in [5.41, 5.74) is 10.1. The predicted molar refractivity (Wildman–Crippen MR) is 160 cm³/mol. The van der Waals surface area contributed by atoms with Crippen molar-refractivity contribution in [3.63, 3.8) is 0 Å². The minimum absolute atomic E-state index is 0.983. The molecule has 0 radical (unpaired) electrons. The zero-order valence-corrected chi connectivity index (χ0v) is 25.6. The van der Waals surface area contributed by atoms with Crippen molar-refractivity contribution in [2.24, 2.45) is 4.99 Å². The van der Waals surface area contributed by atoms with Gasteiger partial charge in [0.25, 0.3) is 0 Å². The Bertz CT molecular complexity index is 974. The van der Waals surface area contributed by atoms with Gasteiger partial charge in [-0.05, 0) is 0 Å². The molecule has 2 nitrogen and oxygen atoms in total. The van der Waals surface area contributed by atoms with E-state index < -0.39 is 0 Å². The van der Waals surface area contributed by atoms with E-state index in [1.165, 1.54) is 72.2 Å². The van der Waals surface area contributed by atoms with Crippen molar-refractivity contribution in [3.05, 3.63) is 58.7 Å². The van der Waals surface area contributed by atoms with Crippen LogP contribution in [0.5, 0.6) is 0 Å². The Morgan fingerprint density at radius 3 is 1.59 bits per heavy atom. The molecular weight excluding hydrogens is 495 g/mol. The molecule has 3 heteroatoms. The molecule has 2 aromatic rings. The molecule has 0 bridgehead atoms. The number of aliphatic imine (C=N–C) groups is 1. The van der Waals surface area contributed by atoms with Gasteiger partial charge in [0.1, 0.15) is 0 Å². The van der Waals surface area contributed by atoms with Crippen molar-refractivity contribution in [2.45, 2.75) is 131 Å². The van der Waals surface area contributed by atoms with Crippen LogP contribution in [-0.2, 0) is 41.4 Å². The Labute approximate surface area is 236 Å². The van der Waals surface area contributed by atoms with Gasteiger partial charge in [-0.25, -0.2) is 0 Å². The monoisotopic (exact) mass is 546 g/mol. The molecule has 0 N–H and O–H groups in total. The number of nitrogens with zero attached hydrogens (tertiary/aromatic N) is 2. The van der Waals surface area contributed by atoms with Crippen LogP contribution in [0.15, 0.2) is 41.4 Å². The first-order valence-electron chi connectivity index (χ1n) is 15.1. The van der Waals surface area contributed by atoms with Gasteiger partial charge in [-0.2, -0.15) is 0 Å². The van der Waals surface area contributed by atoms with Crippen LogP contribution < -0.4 is 0 Å². The molecule has 0 aromatic heterocycles. The number of benzene rings is 2. The normalized spacial score (nSPS) is 12.7. The molecule has 0 amide bonds. The van der Waals surface area contributed by atoms with Gasteiger partial charge in [-0.3, -0.25) is 0 Å². The van der Waals surface area contributed by atoms with Crippen molar-refractivity contribution < 1.29 is 19.3 Å². The van der Waals surface area contributed by atoms with Crippen molar-refractivity contribution >= 4 is 22.8 Å². The molecule has 0 spiro atoms. The van der Waals surface area contributed by atoms with E-state index in [0.717, 1.165) is 62.7 Å². The fourth-order valence-corrected chi connectivity index (χ4v) is 5.17. The van der Waals surface area contributed by atoms with Crippen molar-refractivity contribution in [3.8, 4) is 0 Å². The maximum atomic E-state index is 5.80. The molecule has 0 aliphatic rings. The van der Waals surface area contributed by atoms with E-state index in [4.69, 9.17) is 20.7 Å². The number of unbranched alkanes of at least 4 members (excludes halogenated alkanes) is 6. The Hall–Kier alpha value is -1.73. The molecule has 2 rings (SSSR count). The van der Waals surface area contributed by atoms with Gasteiger partial charge in [0, 0.05) is 0 Å². The van der Waals surface area contributed by atoms with Crippen molar-refractivity contribution in [2.75, 3.05) is 0 Å². The van der Waals surface area contributed by atoms with Crippen LogP contribution in [0.4, 0.5) is 11.4 Å². The molecule has 2 aromatic carbocycles. The van der Waals surface area contributed by atoms with Gasteiger partial charge in [-0.1, -0.05) is 0 Å². The van der Waals surface area contributed by atoms with Gasteiger partial charge >= 0.3 is 237 Å². The average Bonchev–Trinajstić information content (AvgIpc) is 2.93. The van der Waals surface area contributed by atoms with E-state index in [1.807, 2.05) is 0 Å². The molecule has 0 aliphatic carbocycles. The van der Waals surface area contributed by atoms with Gasteiger partial charge < -0.3 is 0 Å². The number of hydrogen-bond acceptors (Lipinski definition) is 1. The first-order valence-corrected chi connectivity index (χ1v) is 15.6. The van der Waals surface area contributed by atoms with E-state index in [1.54, 1.807) is 0 Å². The Morgan fingerprint density at radius 1 is 0.595 bits per heavy atom. The molecule has 0 unspecified atom stereocenters. The van der Waals surface area contributed by atoms with Crippen LogP contribution in [0.2, 0.25) is 0 Å². The average molecular weight is 547 g/mol. The van der Waals surface area contributed by atoms with Crippen LogP contribution >= 0.6 is 0 Å². The van der Waals surface area contributed by atoms with E-state index in [0.29, 0.717) is 0 Å². The molecule has 0 aliphatic heterocycles. The van der Waals surface area contributed by atoms with Crippen LogP contribution in [0.1, 0.15) is 128 Å². The Morgan fingerprint density at radius 2 is 1.08 bits per heavy atom. The molecule has 37 heavy (non-hydrogen) atoms. The minimum atomic E-state index is 0.983. The van der Waals surface area contributed by atoms with E-state index >= 15 is 0 Å². The summed E-state index contributed by atoms with van der Waals surface area (Å²) in [6.45, 7) is 13.5. The summed E-state index contributed by atoms with van der Waals surface area (Å²) in [6, 6.07) is 13.8. The predicted octanol–water partition coefficient (Wildman–Crippen LogP) is 10.2. The number of hydrogen-bond donors (Lipinski definition) is 0. The maximum absolute atomic E-state index is 5.80. The van der Waals surface area contributed by atoms with E-state index in [-0.39, 0.29) is 0 Å². The van der Waals surface area contributed by atoms with Crippen molar-refractivity contribution in [1.82, 2.24) is 0 Å². The zero-order chi connectivity index (χ0) is 27.0. The second-order valence-electron chi connectivity index (χ2n) is 10.3. The summed E-state index contributed by atoms with van der Waals surface area (Å²) < 4.78 is 2.09. The Balaban J connectivity index is 2.59. The van der Waals surface area contributed by atoms with Crippen LogP contribution in [0, 0.1) is 0 Å². The number of rotatable bonds is 17. The third-order valence-electron chi connectivity index (χ3n) is 7.27. The standard InChI is InChI=1S/C34H52N2.Ni/c1-7-13-15-16-17-18-20-34(36-32-25-29(11-5)22-30(12-6)26-32)33(19-14-8-2)35-31-23-27(9-3)21-28(10-4)24-31;/h21-26H,7-20H2,1-6H3;/q;+1. The van der Waals surface area contributed by atoms with E-state index in [9.17, 15) is 0 Å². The molecule has 0 heterocycles. The second kappa shape index (κ2) is 17.7. The summed E-state index contributed by atoms with van der Waals surface area (Å²) in [4.78, 5) is 5.37. The fraction of sp³-hybridized carbons (Fsp3) is 0.588. The first kappa shape index (κ1) is 31.5. The first-order chi connectivity index (χ1) is 18.0. The summed E-state index contributed by atoms with van der Waals surface area (Å²) in [6.07, 6.45) is 16.1. The summed E-state index contributed by atoms with van der Waals surface area (Å²) in [5, 5.41) is 0. The third kappa shape index (κ3) is 10.5. The topological polar surface area (TPSA) is 15.4 Å². The van der Waals surface area contributed by atoms with Crippen molar-refractivity contribution in [1.29, 1.82) is 0 Å².